The predicted molar refractivity (Wildman–Crippen MR) is 132 cm³/mol. The van der Waals surface area contributed by atoms with E-state index in [0.29, 0.717) is 6.61 Å². The van der Waals surface area contributed by atoms with Crippen molar-refractivity contribution in [3.8, 4) is 5.75 Å². The van der Waals surface area contributed by atoms with Crippen LogP contribution in [0.3, 0.4) is 0 Å². The number of hydrogen-bond donors (Lipinski definition) is 1. The summed E-state index contributed by atoms with van der Waals surface area (Å²) in [5.41, 5.74) is 6.25. The lowest BCUT2D eigenvalue weighted by Crippen LogP contribution is -2.02. The molecule has 0 aliphatic rings. The first kappa shape index (κ1) is 22.0. The van der Waals surface area contributed by atoms with Crippen LogP contribution in [-0.4, -0.2) is 15.8 Å². The summed E-state index contributed by atoms with van der Waals surface area (Å²) in [4.78, 5) is 4.69. The third kappa shape index (κ3) is 5.33. The molecule has 0 atom stereocenters. The largest absolute Gasteiger partial charge is 0.487 e. The van der Waals surface area contributed by atoms with Gasteiger partial charge in [-0.25, -0.2) is 0 Å². The number of ether oxygens (including phenoxy) is 1. The van der Waals surface area contributed by atoms with Crippen molar-refractivity contribution in [2.75, 3.05) is 0 Å². The van der Waals surface area contributed by atoms with E-state index in [1.54, 1.807) is 6.21 Å². The number of nitrogens with zero attached hydrogens (tertiary/aromatic N) is 5. The van der Waals surface area contributed by atoms with Crippen molar-refractivity contribution in [1.29, 1.82) is 0 Å². The van der Waals surface area contributed by atoms with E-state index >= 15 is 0 Å². The van der Waals surface area contributed by atoms with Crippen LogP contribution in [0.25, 0.3) is 17.0 Å². The molecule has 0 saturated heterocycles. The zero-order chi connectivity index (χ0) is 23.0. The molecule has 33 heavy (non-hydrogen) atoms. The minimum absolute atomic E-state index is 0.425. The zero-order valence-electron chi connectivity index (χ0n) is 18.6. The standard InChI is InChI=1S/C26H26N6O/c1-3-21-8-9-23(29-25(21)4-2)18-33-24-10-11-26-22(15-24)12-13-32(26)17-20-7-5-6-19(14-20)16-28-31-30-27/h3,5-16H,1,4,17-18H2,2H3,(H2,27,31)/b28-16+. The van der Waals surface area contributed by atoms with Crippen LogP contribution in [-0.2, 0) is 19.6 Å². The number of fused-ring (bicyclic) bond motifs is 1. The van der Waals surface area contributed by atoms with Crippen molar-refractivity contribution in [1.82, 2.24) is 9.55 Å². The van der Waals surface area contributed by atoms with Crippen molar-refractivity contribution < 1.29 is 4.74 Å². The monoisotopic (exact) mass is 438 g/mol. The molecular formula is C26H26N6O. The van der Waals surface area contributed by atoms with Crippen LogP contribution in [0.15, 0.2) is 89.0 Å². The Bertz CT molecular complexity index is 1320. The first-order valence-corrected chi connectivity index (χ1v) is 10.7. The average molecular weight is 439 g/mol. The van der Waals surface area contributed by atoms with Crippen LogP contribution in [0.2, 0.25) is 0 Å². The number of aromatic nitrogens is 2. The number of pyridine rings is 1. The van der Waals surface area contributed by atoms with Crippen LogP contribution in [0, 0.1) is 0 Å². The van der Waals surface area contributed by atoms with Gasteiger partial charge in [0.05, 0.1) is 11.9 Å². The lowest BCUT2D eigenvalue weighted by molar-refractivity contribution is 0.301. The molecule has 0 bridgehead atoms. The molecule has 2 aromatic carbocycles. The summed E-state index contributed by atoms with van der Waals surface area (Å²) in [6.45, 7) is 7.11. The van der Waals surface area contributed by atoms with E-state index in [1.165, 1.54) is 0 Å². The molecule has 4 rings (SSSR count). The van der Waals surface area contributed by atoms with Gasteiger partial charge in [0.2, 0.25) is 0 Å². The molecule has 2 heterocycles. The van der Waals surface area contributed by atoms with Gasteiger partial charge in [-0.1, -0.05) is 49.1 Å². The molecule has 0 aliphatic carbocycles. The molecule has 2 aromatic heterocycles. The quantitative estimate of drug-likeness (QED) is 0.161. The number of nitrogens with two attached hydrogens (primary N) is 1. The molecule has 0 amide bonds. The summed E-state index contributed by atoms with van der Waals surface area (Å²) in [6.07, 6.45) is 6.41. The van der Waals surface area contributed by atoms with Crippen LogP contribution in [0.1, 0.15) is 35.0 Å². The first-order valence-electron chi connectivity index (χ1n) is 10.7. The van der Waals surface area contributed by atoms with Crippen LogP contribution in [0.4, 0.5) is 0 Å². The van der Waals surface area contributed by atoms with Gasteiger partial charge < -0.3 is 15.1 Å². The molecule has 4 aromatic rings. The zero-order valence-corrected chi connectivity index (χ0v) is 18.6. The third-order valence-electron chi connectivity index (χ3n) is 5.37. The van der Waals surface area contributed by atoms with Crippen LogP contribution in [0.5, 0.6) is 5.75 Å². The second-order valence-electron chi connectivity index (χ2n) is 7.54. The average Bonchev–Trinajstić information content (AvgIpc) is 3.24. The third-order valence-corrected chi connectivity index (χ3v) is 5.37. The highest BCUT2D eigenvalue weighted by Crippen LogP contribution is 2.24. The number of aryl methyl sites for hydroxylation is 1. The summed E-state index contributed by atoms with van der Waals surface area (Å²) in [5.74, 6) is 5.79. The van der Waals surface area contributed by atoms with Crippen molar-refractivity contribution in [2.24, 2.45) is 21.4 Å². The Morgan fingerprint density at radius 3 is 2.85 bits per heavy atom. The summed E-state index contributed by atoms with van der Waals surface area (Å²) >= 11 is 0. The molecule has 0 unspecified atom stereocenters. The molecule has 0 saturated carbocycles. The molecule has 7 heteroatoms. The van der Waals surface area contributed by atoms with Gasteiger partial charge in [-0.05, 0) is 64.7 Å². The smallest absolute Gasteiger partial charge is 0.130 e. The molecule has 0 aliphatic heterocycles. The highest BCUT2D eigenvalue weighted by Gasteiger charge is 2.06. The van der Waals surface area contributed by atoms with E-state index < -0.39 is 0 Å². The predicted octanol–water partition coefficient (Wildman–Crippen LogP) is 5.53. The number of benzene rings is 2. The van der Waals surface area contributed by atoms with Crippen molar-refractivity contribution >= 4 is 23.2 Å². The Morgan fingerprint density at radius 2 is 2.03 bits per heavy atom. The van der Waals surface area contributed by atoms with Crippen LogP contribution >= 0.6 is 0 Å². The van der Waals surface area contributed by atoms with Gasteiger partial charge in [0, 0.05) is 29.3 Å². The van der Waals surface area contributed by atoms with E-state index in [2.05, 4.69) is 70.1 Å². The summed E-state index contributed by atoms with van der Waals surface area (Å²) < 4.78 is 8.23. The lowest BCUT2D eigenvalue weighted by atomic mass is 10.1. The van der Waals surface area contributed by atoms with Gasteiger partial charge in [-0.15, -0.1) is 5.10 Å². The molecule has 166 valence electrons. The van der Waals surface area contributed by atoms with E-state index in [9.17, 15) is 0 Å². The minimum atomic E-state index is 0.425. The minimum Gasteiger partial charge on any atom is -0.487 e. The maximum Gasteiger partial charge on any atom is 0.130 e. The Morgan fingerprint density at radius 1 is 1.12 bits per heavy atom. The Balaban J connectivity index is 1.46. The van der Waals surface area contributed by atoms with E-state index in [0.717, 1.165) is 57.7 Å². The molecular weight excluding hydrogens is 412 g/mol. The number of hydrogen-bond acceptors (Lipinski definition) is 4. The van der Waals surface area contributed by atoms with Gasteiger partial charge in [-0.2, -0.15) is 0 Å². The maximum absolute atomic E-state index is 6.03. The normalized spacial score (nSPS) is 11.5. The second kappa shape index (κ2) is 10.4. The first-order chi connectivity index (χ1) is 16.2. The van der Waals surface area contributed by atoms with Crippen molar-refractivity contribution in [3.63, 3.8) is 0 Å². The Kier molecular flexibility index (Phi) is 6.90. The fourth-order valence-corrected chi connectivity index (χ4v) is 3.76. The highest BCUT2D eigenvalue weighted by molar-refractivity contribution is 5.82. The van der Waals surface area contributed by atoms with Crippen LogP contribution < -0.4 is 10.6 Å². The Labute approximate surface area is 192 Å². The Hall–Kier alpha value is -4.26. The fourth-order valence-electron chi connectivity index (χ4n) is 3.76. The summed E-state index contributed by atoms with van der Waals surface area (Å²) in [7, 11) is 0. The molecule has 0 radical (unpaired) electrons. The fraction of sp³-hybridized carbons (Fsp3) is 0.154. The van der Waals surface area contributed by atoms with E-state index in [4.69, 9.17) is 15.6 Å². The maximum atomic E-state index is 6.03. The van der Waals surface area contributed by atoms with E-state index in [1.807, 2.05) is 36.4 Å². The number of rotatable bonds is 9. The van der Waals surface area contributed by atoms with Gasteiger partial charge >= 0.3 is 0 Å². The topological polar surface area (TPSA) is 90.1 Å². The molecule has 2 N–H and O–H groups in total. The van der Waals surface area contributed by atoms with Crippen molar-refractivity contribution in [2.45, 2.75) is 26.5 Å². The second-order valence-corrected chi connectivity index (χ2v) is 7.54. The van der Waals surface area contributed by atoms with Crippen molar-refractivity contribution in [3.05, 3.63) is 102 Å². The van der Waals surface area contributed by atoms with Gasteiger partial charge in [0.15, 0.2) is 0 Å². The van der Waals surface area contributed by atoms with Gasteiger partial charge in [-0.3, -0.25) is 4.98 Å². The molecule has 0 spiro atoms. The molecule has 0 fully saturated rings. The van der Waals surface area contributed by atoms with Gasteiger partial charge in [0.25, 0.3) is 0 Å². The summed E-state index contributed by atoms with van der Waals surface area (Å²) in [5, 5.41) is 11.5. The SMILES string of the molecule is C=Cc1ccc(COc2ccc3c(ccn3Cc3cccc(/C=N/N=N\N)c3)c2)nc1CC. The highest BCUT2D eigenvalue weighted by atomic mass is 16.5. The van der Waals surface area contributed by atoms with E-state index in [-0.39, 0.29) is 0 Å². The summed E-state index contributed by atoms with van der Waals surface area (Å²) in [6, 6.07) is 20.4. The van der Waals surface area contributed by atoms with Gasteiger partial charge in [0.1, 0.15) is 12.4 Å². The molecule has 7 nitrogen and oxygen atoms in total. The lowest BCUT2D eigenvalue weighted by Gasteiger charge is -2.10.